The van der Waals surface area contributed by atoms with E-state index in [9.17, 15) is 14.4 Å². The molecule has 9 heteroatoms. The van der Waals surface area contributed by atoms with Gasteiger partial charge in [0.25, 0.3) is 0 Å². The number of carbonyl (C=O) groups excluding carboxylic acids is 3. The van der Waals surface area contributed by atoms with Crippen LogP contribution in [0.4, 0.5) is 5.13 Å². The van der Waals surface area contributed by atoms with Gasteiger partial charge in [-0.05, 0) is 13.8 Å². The lowest BCUT2D eigenvalue weighted by molar-refractivity contribution is -0.142. The molecular formula is C16H23N3O5S. The van der Waals surface area contributed by atoms with Crippen LogP contribution in [0, 0.1) is 5.92 Å². The molecule has 1 N–H and O–H groups in total. The zero-order valence-electron chi connectivity index (χ0n) is 14.6. The fourth-order valence-electron chi connectivity index (χ4n) is 2.68. The minimum absolute atomic E-state index is 0.0492. The van der Waals surface area contributed by atoms with Crippen LogP contribution in [0.5, 0.6) is 0 Å². The third-order valence-electron chi connectivity index (χ3n) is 3.88. The van der Waals surface area contributed by atoms with Crippen molar-refractivity contribution in [1.29, 1.82) is 0 Å². The minimum Gasteiger partial charge on any atom is -0.466 e. The highest BCUT2D eigenvalue weighted by atomic mass is 32.1. The first kappa shape index (κ1) is 19.3. The van der Waals surface area contributed by atoms with Crippen molar-refractivity contribution < 1.29 is 23.9 Å². The second-order valence-electron chi connectivity index (χ2n) is 5.87. The van der Waals surface area contributed by atoms with E-state index in [1.54, 1.807) is 24.3 Å². The standard InChI is InChI=1S/C16H23N3O5S/c1-4-24-14(21)6-12-9-25-16(17-12)18-15(22)11-5-13(20)19(7-11)10(2)8-23-3/h9-11H,4-8H2,1-3H3,(H,17,18,22)/t10-,11-/m1/s1. The molecule has 0 aromatic carbocycles. The van der Waals surface area contributed by atoms with Crippen molar-refractivity contribution in [1.82, 2.24) is 9.88 Å². The lowest BCUT2D eigenvalue weighted by Gasteiger charge is -2.23. The van der Waals surface area contributed by atoms with Crippen molar-refractivity contribution >= 4 is 34.3 Å². The molecule has 1 aliphatic rings. The van der Waals surface area contributed by atoms with Gasteiger partial charge in [-0.2, -0.15) is 0 Å². The molecule has 0 spiro atoms. The van der Waals surface area contributed by atoms with Crippen molar-refractivity contribution in [2.45, 2.75) is 32.7 Å². The van der Waals surface area contributed by atoms with Gasteiger partial charge in [0.05, 0.1) is 37.3 Å². The van der Waals surface area contributed by atoms with Crippen molar-refractivity contribution in [2.75, 3.05) is 32.2 Å². The SMILES string of the molecule is CCOC(=O)Cc1csc(NC(=O)[C@@H]2CC(=O)N([C@H](C)COC)C2)n1. The fourth-order valence-corrected chi connectivity index (χ4v) is 3.39. The highest BCUT2D eigenvalue weighted by Crippen LogP contribution is 2.23. The van der Waals surface area contributed by atoms with Gasteiger partial charge < -0.3 is 19.7 Å². The first-order valence-electron chi connectivity index (χ1n) is 8.13. The van der Waals surface area contributed by atoms with E-state index in [4.69, 9.17) is 9.47 Å². The predicted octanol–water partition coefficient (Wildman–Crippen LogP) is 1.07. The van der Waals surface area contributed by atoms with Crippen LogP contribution >= 0.6 is 11.3 Å². The second kappa shape index (κ2) is 8.91. The van der Waals surface area contributed by atoms with Gasteiger partial charge in [0, 0.05) is 25.5 Å². The average molecular weight is 369 g/mol. The minimum atomic E-state index is -0.413. The Bertz CT molecular complexity index is 633. The zero-order chi connectivity index (χ0) is 18.4. The number of carbonyl (C=O) groups is 3. The second-order valence-corrected chi connectivity index (χ2v) is 6.72. The van der Waals surface area contributed by atoms with E-state index < -0.39 is 5.92 Å². The molecule has 1 saturated heterocycles. The number of ether oxygens (including phenoxy) is 2. The van der Waals surface area contributed by atoms with E-state index in [1.807, 2.05) is 6.92 Å². The Hall–Kier alpha value is -2.00. The van der Waals surface area contributed by atoms with Crippen LogP contribution in [-0.4, -0.2) is 60.6 Å². The molecule has 138 valence electrons. The normalized spacial score (nSPS) is 18.3. The average Bonchev–Trinajstić information content (AvgIpc) is 3.14. The summed E-state index contributed by atoms with van der Waals surface area (Å²) in [6.45, 7) is 4.76. The van der Waals surface area contributed by atoms with Crippen molar-refractivity contribution in [3.05, 3.63) is 11.1 Å². The summed E-state index contributed by atoms with van der Waals surface area (Å²) in [5.74, 6) is -1.05. The van der Waals surface area contributed by atoms with Crippen molar-refractivity contribution in [3.63, 3.8) is 0 Å². The summed E-state index contributed by atoms with van der Waals surface area (Å²) >= 11 is 1.24. The molecule has 25 heavy (non-hydrogen) atoms. The quantitative estimate of drug-likeness (QED) is 0.689. The molecular weight excluding hydrogens is 346 g/mol. The molecule has 2 amide bonds. The summed E-state index contributed by atoms with van der Waals surface area (Å²) in [4.78, 5) is 41.8. The number of hydrogen-bond donors (Lipinski definition) is 1. The Morgan fingerprint density at radius 1 is 1.52 bits per heavy atom. The fraction of sp³-hybridized carbons (Fsp3) is 0.625. The summed E-state index contributed by atoms with van der Waals surface area (Å²) in [7, 11) is 1.58. The molecule has 8 nitrogen and oxygen atoms in total. The highest BCUT2D eigenvalue weighted by Gasteiger charge is 2.36. The summed E-state index contributed by atoms with van der Waals surface area (Å²) < 4.78 is 9.94. The molecule has 1 fully saturated rings. The van der Waals surface area contributed by atoms with Crippen molar-refractivity contribution in [2.24, 2.45) is 5.92 Å². The number of rotatable bonds is 8. The van der Waals surface area contributed by atoms with Crippen LogP contribution in [0.15, 0.2) is 5.38 Å². The molecule has 0 radical (unpaired) electrons. The van der Waals surface area contributed by atoms with Crippen LogP contribution < -0.4 is 5.32 Å². The van der Waals surface area contributed by atoms with Crippen LogP contribution in [0.25, 0.3) is 0 Å². The highest BCUT2D eigenvalue weighted by molar-refractivity contribution is 7.13. The Labute approximate surface area is 150 Å². The summed E-state index contributed by atoms with van der Waals surface area (Å²) in [6, 6.07) is -0.0636. The largest absolute Gasteiger partial charge is 0.466 e. The van der Waals surface area contributed by atoms with E-state index in [-0.39, 0.29) is 36.7 Å². The lowest BCUT2D eigenvalue weighted by atomic mass is 10.1. The molecule has 0 unspecified atom stereocenters. The molecule has 1 aromatic rings. The Morgan fingerprint density at radius 2 is 2.28 bits per heavy atom. The number of anilines is 1. The maximum Gasteiger partial charge on any atom is 0.311 e. The third kappa shape index (κ3) is 5.23. The Morgan fingerprint density at radius 3 is 2.96 bits per heavy atom. The summed E-state index contributed by atoms with van der Waals surface area (Å²) in [5, 5.41) is 4.85. The van der Waals surface area contributed by atoms with Gasteiger partial charge >= 0.3 is 5.97 Å². The molecule has 2 rings (SSSR count). The number of esters is 1. The molecule has 0 bridgehead atoms. The maximum absolute atomic E-state index is 12.4. The Kier molecular flexibility index (Phi) is 6.89. The van der Waals surface area contributed by atoms with Gasteiger partial charge in [-0.1, -0.05) is 0 Å². The smallest absolute Gasteiger partial charge is 0.311 e. The first-order chi connectivity index (χ1) is 11.9. The Balaban J connectivity index is 1.89. The van der Waals surface area contributed by atoms with Crippen molar-refractivity contribution in [3.8, 4) is 0 Å². The summed E-state index contributed by atoms with van der Waals surface area (Å²) in [5.41, 5.74) is 0.552. The monoisotopic (exact) mass is 369 g/mol. The number of nitrogens with zero attached hydrogens (tertiary/aromatic N) is 2. The van der Waals surface area contributed by atoms with E-state index in [2.05, 4.69) is 10.3 Å². The molecule has 1 aromatic heterocycles. The number of likely N-dealkylation sites (tertiary alicyclic amines) is 1. The molecule has 0 saturated carbocycles. The number of nitrogens with one attached hydrogen (secondary N) is 1. The topological polar surface area (TPSA) is 97.8 Å². The molecule has 2 atom stereocenters. The number of amides is 2. The number of methoxy groups -OCH3 is 1. The molecule has 2 heterocycles. The third-order valence-corrected chi connectivity index (χ3v) is 4.69. The predicted molar refractivity (Wildman–Crippen MR) is 92.2 cm³/mol. The van der Waals surface area contributed by atoms with E-state index in [0.29, 0.717) is 30.6 Å². The van der Waals surface area contributed by atoms with Crippen LogP contribution in [0.1, 0.15) is 26.0 Å². The van der Waals surface area contributed by atoms with Crippen LogP contribution in [0.2, 0.25) is 0 Å². The van der Waals surface area contributed by atoms with Gasteiger partial charge in [-0.3, -0.25) is 14.4 Å². The van der Waals surface area contributed by atoms with E-state index in [1.165, 1.54) is 11.3 Å². The van der Waals surface area contributed by atoms with E-state index in [0.717, 1.165) is 0 Å². The van der Waals surface area contributed by atoms with Gasteiger partial charge in [-0.25, -0.2) is 4.98 Å². The first-order valence-corrected chi connectivity index (χ1v) is 9.01. The van der Waals surface area contributed by atoms with Gasteiger partial charge in [0.2, 0.25) is 11.8 Å². The van der Waals surface area contributed by atoms with Gasteiger partial charge in [0.1, 0.15) is 0 Å². The molecule has 0 aliphatic carbocycles. The van der Waals surface area contributed by atoms with Crippen LogP contribution in [0.3, 0.4) is 0 Å². The number of aromatic nitrogens is 1. The van der Waals surface area contributed by atoms with Crippen LogP contribution in [-0.2, 0) is 30.3 Å². The number of thiazole rings is 1. The zero-order valence-corrected chi connectivity index (χ0v) is 15.4. The molecule has 1 aliphatic heterocycles. The van der Waals surface area contributed by atoms with Gasteiger partial charge in [0.15, 0.2) is 5.13 Å². The van der Waals surface area contributed by atoms with Gasteiger partial charge in [-0.15, -0.1) is 11.3 Å². The van der Waals surface area contributed by atoms with E-state index >= 15 is 0 Å². The maximum atomic E-state index is 12.4. The number of hydrogen-bond acceptors (Lipinski definition) is 7. The summed E-state index contributed by atoms with van der Waals surface area (Å²) in [6.07, 6.45) is 0.255. The lowest BCUT2D eigenvalue weighted by Crippen LogP contribution is -2.38.